The Hall–Kier alpha value is -0.940. The molecule has 1 saturated heterocycles. The van der Waals surface area contributed by atoms with Gasteiger partial charge in [-0.1, -0.05) is 5.21 Å². The van der Waals surface area contributed by atoms with Crippen LogP contribution < -0.4 is 5.73 Å². The van der Waals surface area contributed by atoms with E-state index in [1.54, 1.807) is 0 Å². The summed E-state index contributed by atoms with van der Waals surface area (Å²) in [5, 5.41) is 8.14. The van der Waals surface area contributed by atoms with E-state index in [1.807, 2.05) is 10.9 Å². The highest BCUT2D eigenvalue weighted by Gasteiger charge is 2.31. The molecule has 1 aromatic rings. The summed E-state index contributed by atoms with van der Waals surface area (Å²) in [6.07, 6.45) is 5.22. The van der Waals surface area contributed by atoms with Crippen molar-refractivity contribution in [3.05, 3.63) is 11.9 Å². The van der Waals surface area contributed by atoms with Crippen molar-refractivity contribution in [3.8, 4) is 0 Å². The van der Waals surface area contributed by atoms with Crippen LogP contribution in [-0.2, 0) is 17.7 Å². The third-order valence-corrected chi connectivity index (χ3v) is 2.93. The molecule has 1 fully saturated rings. The van der Waals surface area contributed by atoms with Gasteiger partial charge in [0.1, 0.15) is 0 Å². The second-order valence-electron chi connectivity index (χ2n) is 5.01. The van der Waals surface area contributed by atoms with E-state index in [9.17, 15) is 0 Å². The Morgan fingerprint density at radius 3 is 3.06 bits per heavy atom. The fraction of sp³-hybridized carbons (Fsp3) is 0.818. The van der Waals surface area contributed by atoms with Crippen LogP contribution in [0.15, 0.2) is 6.20 Å². The molecular weight excluding hydrogens is 204 g/mol. The second kappa shape index (κ2) is 4.51. The molecule has 2 rings (SSSR count). The summed E-state index contributed by atoms with van der Waals surface area (Å²) in [5.41, 5.74) is 6.44. The van der Waals surface area contributed by atoms with Crippen molar-refractivity contribution in [2.75, 3.05) is 6.54 Å². The topological polar surface area (TPSA) is 66.0 Å². The summed E-state index contributed by atoms with van der Waals surface area (Å²) < 4.78 is 7.77. The van der Waals surface area contributed by atoms with Crippen LogP contribution in [0.5, 0.6) is 0 Å². The van der Waals surface area contributed by atoms with Gasteiger partial charge in [-0.15, -0.1) is 5.10 Å². The number of nitrogens with zero attached hydrogens (tertiary/aromatic N) is 3. The van der Waals surface area contributed by atoms with Gasteiger partial charge in [0.05, 0.1) is 23.9 Å². The normalized spacial score (nSPS) is 23.8. The number of hydrogen-bond acceptors (Lipinski definition) is 4. The van der Waals surface area contributed by atoms with Gasteiger partial charge in [0.15, 0.2) is 0 Å². The van der Waals surface area contributed by atoms with Gasteiger partial charge in [-0.25, -0.2) is 4.68 Å². The van der Waals surface area contributed by atoms with E-state index in [4.69, 9.17) is 10.5 Å². The Bertz CT molecular complexity index is 348. The van der Waals surface area contributed by atoms with Gasteiger partial charge in [0.25, 0.3) is 0 Å². The largest absolute Gasteiger partial charge is 0.370 e. The number of ether oxygens (including phenoxy) is 1. The highest BCUT2D eigenvalue weighted by molar-refractivity contribution is 4.93. The lowest BCUT2D eigenvalue weighted by molar-refractivity contribution is -0.0231. The standard InChI is InChI=1S/C11H20N4O/c1-11(2)5-3-10(16-11)8-15-7-9(4-6-12)13-14-15/h7,10H,3-6,8,12H2,1-2H3. The molecule has 5 nitrogen and oxygen atoms in total. The molecule has 1 atom stereocenters. The molecule has 1 unspecified atom stereocenters. The molecule has 1 aliphatic rings. The highest BCUT2D eigenvalue weighted by Crippen LogP contribution is 2.29. The average Bonchev–Trinajstić information content (AvgIpc) is 2.75. The predicted octanol–water partition coefficient (Wildman–Crippen LogP) is 0.737. The maximum atomic E-state index is 5.91. The van der Waals surface area contributed by atoms with Crippen LogP contribution >= 0.6 is 0 Å². The molecular formula is C11H20N4O. The van der Waals surface area contributed by atoms with E-state index in [0.29, 0.717) is 6.54 Å². The first-order valence-corrected chi connectivity index (χ1v) is 5.86. The van der Waals surface area contributed by atoms with Crippen molar-refractivity contribution in [1.82, 2.24) is 15.0 Å². The van der Waals surface area contributed by atoms with Crippen LogP contribution in [0.4, 0.5) is 0 Å². The Kier molecular flexibility index (Phi) is 3.25. The third-order valence-electron chi connectivity index (χ3n) is 2.93. The molecule has 2 N–H and O–H groups in total. The summed E-state index contributed by atoms with van der Waals surface area (Å²) in [6, 6.07) is 0. The summed E-state index contributed by atoms with van der Waals surface area (Å²) in [5.74, 6) is 0. The van der Waals surface area contributed by atoms with Gasteiger partial charge in [0.2, 0.25) is 0 Å². The Labute approximate surface area is 96.0 Å². The van der Waals surface area contributed by atoms with Gasteiger partial charge in [-0.2, -0.15) is 0 Å². The van der Waals surface area contributed by atoms with Gasteiger partial charge in [0, 0.05) is 12.6 Å². The lowest BCUT2D eigenvalue weighted by Gasteiger charge is -2.18. The minimum absolute atomic E-state index is 0.0192. The summed E-state index contributed by atoms with van der Waals surface area (Å²) >= 11 is 0. The van der Waals surface area contributed by atoms with Crippen molar-refractivity contribution in [3.63, 3.8) is 0 Å². The predicted molar refractivity (Wildman–Crippen MR) is 61.0 cm³/mol. The molecule has 1 aromatic heterocycles. The molecule has 0 amide bonds. The fourth-order valence-corrected chi connectivity index (χ4v) is 2.11. The van der Waals surface area contributed by atoms with Crippen LogP contribution in [-0.4, -0.2) is 33.2 Å². The molecule has 90 valence electrons. The Morgan fingerprint density at radius 1 is 1.62 bits per heavy atom. The van der Waals surface area contributed by atoms with Crippen molar-refractivity contribution < 1.29 is 4.74 Å². The quantitative estimate of drug-likeness (QED) is 0.819. The fourth-order valence-electron chi connectivity index (χ4n) is 2.11. The molecule has 0 radical (unpaired) electrons. The molecule has 0 spiro atoms. The summed E-state index contributed by atoms with van der Waals surface area (Å²) in [4.78, 5) is 0. The average molecular weight is 224 g/mol. The molecule has 1 aliphatic heterocycles. The monoisotopic (exact) mass is 224 g/mol. The van der Waals surface area contributed by atoms with Crippen LogP contribution in [0.2, 0.25) is 0 Å². The molecule has 0 saturated carbocycles. The lowest BCUT2D eigenvalue weighted by Crippen LogP contribution is -2.23. The van der Waals surface area contributed by atoms with Crippen molar-refractivity contribution >= 4 is 0 Å². The first kappa shape index (κ1) is 11.5. The Balaban J connectivity index is 1.89. The molecule has 0 bridgehead atoms. The molecule has 2 heterocycles. The molecule has 0 aliphatic carbocycles. The second-order valence-corrected chi connectivity index (χ2v) is 5.01. The minimum atomic E-state index is 0.0192. The zero-order valence-electron chi connectivity index (χ0n) is 10.0. The van der Waals surface area contributed by atoms with E-state index in [1.165, 1.54) is 0 Å². The first-order valence-electron chi connectivity index (χ1n) is 5.86. The molecule has 5 heteroatoms. The SMILES string of the molecule is CC1(C)CCC(Cn2cc(CCN)nn2)O1. The summed E-state index contributed by atoms with van der Waals surface area (Å²) in [6.45, 7) is 5.68. The van der Waals surface area contributed by atoms with E-state index in [-0.39, 0.29) is 11.7 Å². The van der Waals surface area contributed by atoms with Gasteiger partial charge < -0.3 is 10.5 Å². The number of nitrogens with two attached hydrogens (primary N) is 1. The van der Waals surface area contributed by atoms with Crippen LogP contribution in [0, 0.1) is 0 Å². The first-order chi connectivity index (χ1) is 7.59. The zero-order chi connectivity index (χ0) is 11.6. The highest BCUT2D eigenvalue weighted by atomic mass is 16.5. The van der Waals surface area contributed by atoms with Crippen LogP contribution in [0.25, 0.3) is 0 Å². The Morgan fingerprint density at radius 2 is 2.44 bits per heavy atom. The van der Waals surface area contributed by atoms with E-state index in [2.05, 4.69) is 24.2 Å². The van der Waals surface area contributed by atoms with Crippen molar-refractivity contribution in [2.24, 2.45) is 5.73 Å². The maximum absolute atomic E-state index is 5.91. The summed E-state index contributed by atoms with van der Waals surface area (Å²) in [7, 11) is 0. The van der Waals surface area contributed by atoms with Crippen LogP contribution in [0.1, 0.15) is 32.4 Å². The smallest absolute Gasteiger partial charge is 0.0839 e. The number of aromatic nitrogens is 3. The number of hydrogen-bond donors (Lipinski definition) is 1. The number of rotatable bonds is 4. The van der Waals surface area contributed by atoms with Crippen LogP contribution in [0.3, 0.4) is 0 Å². The van der Waals surface area contributed by atoms with Crippen molar-refractivity contribution in [1.29, 1.82) is 0 Å². The third kappa shape index (κ3) is 2.80. The minimum Gasteiger partial charge on any atom is -0.370 e. The van der Waals surface area contributed by atoms with Crippen molar-refractivity contribution in [2.45, 2.75) is 51.4 Å². The zero-order valence-corrected chi connectivity index (χ0v) is 10.0. The maximum Gasteiger partial charge on any atom is 0.0839 e. The van der Waals surface area contributed by atoms with E-state index < -0.39 is 0 Å². The van der Waals surface area contributed by atoms with Gasteiger partial charge in [-0.05, 0) is 33.2 Å². The molecule has 16 heavy (non-hydrogen) atoms. The lowest BCUT2D eigenvalue weighted by atomic mass is 10.1. The molecule has 0 aromatic carbocycles. The van der Waals surface area contributed by atoms with Gasteiger partial charge >= 0.3 is 0 Å². The van der Waals surface area contributed by atoms with Gasteiger partial charge in [-0.3, -0.25) is 0 Å². The van der Waals surface area contributed by atoms with E-state index in [0.717, 1.165) is 31.5 Å². The van der Waals surface area contributed by atoms with E-state index >= 15 is 0 Å².